The highest BCUT2D eigenvalue weighted by molar-refractivity contribution is 7.13. The Morgan fingerprint density at radius 2 is 1.50 bits per heavy atom. The SMILES string of the molecule is O=C(Nc1nccs1)c1cc(-c2ccc(-c3ccccc3)cc2)nc2ccccc12. The minimum Gasteiger partial charge on any atom is -0.298 e. The molecule has 0 unspecified atom stereocenters. The first-order chi connectivity index (χ1) is 14.8. The second-order valence-electron chi connectivity index (χ2n) is 6.81. The molecule has 144 valence electrons. The monoisotopic (exact) mass is 407 g/mol. The van der Waals surface area contributed by atoms with Crippen LogP contribution in [0.15, 0.2) is 96.5 Å². The summed E-state index contributed by atoms with van der Waals surface area (Å²) < 4.78 is 0. The molecule has 0 fully saturated rings. The van der Waals surface area contributed by atoms with Crippen LogP contribution in [-0.2, 0) is 0 Å². The summed E-state index contributed by atoms with van der Waals surface area (Å²) in [6.07, 6.45) is 1.67. The second-order valence-corrected chi connectivity index (χ2v) is 7.70. The lowest BCUT2D eigenvalue weighted by Crippen LogP contribution is -2.12. The average molecular weight is 407 g/mol. The Labute approximate surface area is 177 Å². The summed E-state index contributed by atoms with van der Waals surface area (Å²) in [5.74, 6) is -0.189. The van der Waals surface area contributed by atoms with Gasteiger partial charge < -0.3 is 0 Å². The fourth-order valence-corrected chi connectivity index (χ4v) is 3.95. The third-order valence-corrected chi connectivity index (χ3v) is 5.59. The van der Waals surface area contributed by atoms with Crippen molar-refractivity contribution in [1.82, 2.24) is 9.97 Å². The largest absolute Gasteiger partial charge is 0.298 e. The van der Waals surface area contributed by atoms with Crippen LogP contribution in [0.5, 0.6) is 0 Å². The van der Waals surface area contributed by atoms with Crippen LogP contribution in [0.25, 0.3) is 33.3 Å². The second kappa shape index (κ2) is 7.89. The molecule has 0 saturated heterocycles. The number of hydrogen-bond acceptors (Lipinski definition) is 4. The number of carbonyl (C=O) groups is 1. The summed E-state index contributed by atoms with van der Waals surface area (Å²) in [4.78, 5) is 21.9. The molecule has 0 bridgehead atoms. The van der Waals surface area contributed by atoms with Crippen molar-refractivity contribution in [3.05, 3.63) is 102 Å². The van der Waals surface area contributed by atoms with E-state index in [1.54, 1.807) is 6.20 Å². The maximum atomic E-state index is 13.0. The summed E-state index contributed by atoms with van der Waals surface area (Å²) in [7, 11) is 0. The van der Waals surface area contributed by atoms with E-state index in [9.17, 15) is 4.79 Å². The third-order valence-electron chi connectivity index (χ3n) is 4.90. The zero-order valence-electron chi connectivity index (χ0n) is 15.9. The van der Waals surface area contributed by atoms with Gasteiger partial charge in [0.2, 0.25) is 0 Å². The highest BCUT2D eigenvalue weighted by atomic mass is 32.1. The molecule has 0 radical (unpaired) electrons. The number of fused-ring (bicyclic) bond motifs is 1. The average Bonchev–Trinajstić information content (AvgIpc) is 3.32. The van der Waals surface area contributed by atoms with Crippen LogP contribution in [0.2, 0.25) is 0 Å². The molecule has 0 atom stereocenters. The molecule has 5 heteroatoms. The fraction of sp³-hybridized carbons (Fsp3) is 0. The molecule has 0 aliphatic rings. The highest BCUT2D eigenvalue weighted by Crippen LogP contribution is 2.28. The Hall–Kier alpha value is -3.83. The van der Waals surface area contributed by atoms with Crippen LogP contribution >= 0.6 is 11.3 Å². The molecule has 4 nitrogen and oxygen atoms in total. The van der Waals surface area contributed by atoms with Gasteiger partial charge in [-0.05, 0) is 23.3 Å². The number of anilines is 1. The van der Waals surface area contributed by atoms with Gasteiger partial charge in [-0.25, -0.2) is 9.97 Å². The van der Waals surface area contributed by atoms with E-state index in [4.69, 9.17) is 4.98 Å². The summed E-state index contributed by atoms with van der Waals surface area (Å²) in [5.41, 5.74) is 5.40. The van der Waals surface area contributed by atoms with Crippen molar-refractivity contribution >= 4 is 33.3 Å². The number of para-hydroxylation sites is 1. The van der Waals surface area contributed by atoms with E-state index in [1.807, 2.05) is 66.0 Å². The topological polar surface area (TPSA) is 54.9 Å². The Bertz CT molecular complexity index is 1310. The molecule has 1 amide bonds. The van der Waals surface area contributed by atoms with E-state index in [0.717, 1.165) is 27.7 Å². The molecule has 5 aromatic rings. The summed E-state index contributed by atoms with van der Waals surface area (Å²) in [5, 5.41) is 6.11. The van der Waals surface area contributed by atoms with E-state index in [-0.39, 0.29) is 5.91 Å². The molecule has 0 aliphatic heterocycles. The van der Waals surface area contributed by atoms with Crippen molar-refractivity contribution in [3.63, 3.8) is 0 Å². The number of aromatic nitrogens is 2. The third kappa shape index (κ3) is 3.58. The van der Waals surface area contributed by atoms with Crippen molar-refractivity contribution in [2.45, 2.75) is 0 Å². The number of nitrogens with one attached hydrogen (secondary N) is 1. The van der Waals surface area contributed by atoms with Crippen molar-refractivity contribution in [2.75, 3.05) is 5.32 Å². The number of pyridine rings is 1. The fourth-order valence-electron chi connectivity index (χ4n) is 3.42. The molecule has 30 heavy (non-hydrogen) atoms. The van der Waals surface area contributed by atoms with Crippen molar-refractivity contribution in [2.24, 2.45) is 0 Å². The molecule has 2 aromatic heterocycles. The smallest absolute Gasteiger partial charge is 0.258 e. The normalized spacial score (nSPS) is 10.8. The minimum absolute atomic E-state index is 0.189. The lowest BCUT2D eigenvalue weighted by atomic mass is 10.0. The van der Waals surface area contributed by atoms with Crippen LogP contribution in [0.3, 0.4) is 0 Å². The molecule has 1 N–H and O–H groups in total. The number of rotatable bonds is 4. The van der Waals surface area contributed by atoms with Gasteiger partial charge in [-0.15, -0.1) is 11.3 Å². The number of carbonyl (C=O) groups excluding carboxylic acids is 1. The van der Waals surface area contributed by atoms with Gasteiger partial charge in [-0.3, -0.25) is 10.1 Å². The minimum atomic E-state index is -0.189. The standard InChI is InChI=1S/C25H17N3OS/c29-24(28-25-26-14-15-30-25)21-16-23(27-22-9-5-4-8-20(21)22)19-12-10-18(11-13-19)17-6-2-1-3-7-17/h1-16H,(H,26,28,29). The molecular weight excluding hydrogens is 390 g/mol. The first kappa shape index (κ1) is 18.2. The van der Waals surface area contributed by atoms with Crippen molar-refractivity contribution in [3.8, 4) is 22.4 Å². The Kier molecular flexibility index (Phi) is 4.79. The molecule has 2 heterocycles. The molecule has 3 aromatic carbocycles. The van der Waals surface area contributed by atoms with Gasteiger partial charge in [0.1, 0.15) is 0 Å². The first-order valence-electron chi connectivity index (χ1n) is 9.54. The van der Waals surface area contributed by atoms with E-state index in [2.05, 4.69) is 34.6 Å². The van der Waals surface area contributed by atoms with E-state index < -0.39 is 0 Å². The number of nitrogens with zero attached hydrogens (tertiary/aromatic N) is 2. The summed E-state index contributed by atoms with van der Waals surface area (Å²) in [6.45, 7) is 0. The van der Waals surface area contributed by atoms with Crippen LogP contribution in [0, 0.1) is 0 Å². The quantitative estimate of drug-likeness (QED) is 0.382. The molecular formula is C25H17N3OS. The lowest BCUT2D eigenvalue weighted by Gasteiger charge is -2.10. The predicted molar refractivity (Wildman–Crippen MR) is 123 cm³/mol. The van der Waals surface area contributed by atoms with Gasteiger partial charge in [0, 0.05) is 22.5 Å². The molecule has 0 saturated carbocycles. The maximum Gasteiger partial charge on any atom is 0.258 e. The summed E-state index contributed by atoms with van der Waals surface area (Å²) >= 11 is 1.39. The van der Waals surface area contributed by atoms with Crippen LogP contribution < -0.4 is 5.32 Å². The first-order valence-corrected chi connectivity index (χ1v) is 10.4. The number of amides is 1. The van der Waals surface area contributed by atoms with Crippen molar-refractivity contribution < 1.29 is 4.79 Å². The van der Waals surface area contributed by atoms with Gasteiger partial charge in [0.15, 0.2) is 5.13 Å². The van der Waals surface area contributed by atoms with E-state index in [0.29, 0.717) is 10.7 Å². The molecule has 0 aliphatic carbocycles. The Morgan fingerprint density at radius 1 is 0.800 bits per heavy atom. The zero-order chi connectivity index (χ0) is 20.3. The van der Waals surface area contributed by atoms with Crippen LogP contribution in [-0.4, -0.2) is 15.9 Å². The van der Waals surface area contributed by atoms with Gasteiger partial charge in [0.05, 0.1) is 16.8 Å². The van der Waals surface area contributed by atoms with E-state index in [1.165, 1.54) is 16.9 Å². The van der Waals surface area contributed by atoms with Gasteiger partial charge in [0.25, 0.3) is 5.91 Å². The van der Waals surface area contributed by atoms with Crippen LogP contribution in [0.1, 0.15) is 10.4 Å². The van der Waals surface area contributed by atoms with Crippen LogP contribution in [0.4, 0.5) is 5.13 Å². The molecule has 5 rings (SSSR count). The predicted octanol–water partition coefficient (Wildman–Crippen LogP) is 6.28. The van der Waals surface area contributed by atoms with Gasteiger partial charge in [-0.2, -0.15) is 0 Å². The zero-order valence-corrected chi connectivity index (χ0v) is 16.8. The summed E-state index contributed by atoms with van der Waals surface area (Å²) in [6, 6.07) is 28.0. The highest BCUT2D eigenvalue weighted by Gasteiger charge is 2.15. The van der Waals surface area contributed by atoms with Gasteiger partial charge >= 0.3 is 0 Å². The van der Waals surface area contributed by atoms with Gasteiger partial charge in [-0.1, -0.05) is 72.8 Å². The van der Waals surface area contributed by atoms with E-state index >= 15 is 0 Å². The number of thiazole rings is 1. The Balaban J connectivity index is 1.55. The van der Waals surface area contributed by atoms with Crippen molar-refractivity contribution in [1.29, 1.82) is 0 Å². The molecule has 0 spiro atoms. The number of hydrogen-bond donors (Lipinski definition) is 1. The maximum absolute atomic E-state index is 13.0. The number of benzene rings is 3. The lowest BCUT2D eigenvalue weighted by molar-refractivity contribution is 0.102. The Morgan fingerprint density at radius 3 is 2.27 bits per heavy atom.